The molecule has 1 fully saturated rings. The third-order valence-electron chi connectivity index (χ3n) is 3.23. The summed E-state index contributed by atoms with van der Waals surface area (Å²) in [5, 5.41) is 6.69. The monoisotopic (exact) mass is 296 g/mol. The normalized spacial score (nSPS) is 16.6. The molecule has 112 valence electrons. The molecule has 20 heavy (non-hydrogen) atoms. The van der Waals surface area contributed by atoms with Crippen molar-refractivity contribution in [2.75, 3.05) is 38.2 Å². The van der Waals surface area contributed by atoms with Crippen LogP contribution in [0.15, 0.2) is 4.99 Å². The Balaban J connectivity index is 2.22. The zero-order valence-corrected chi connectivity index (χ0v) is 13.1. The largest absolute Gasteiger partial charge is 0.356 e. The Morgan fingerprint density at radius 1 is 1.50 bits per heavy atom. The third-order valence-corrected chi connectivity index (χ3v) is 4.09. The number of terminal acetylenes is 1. The van der Waals surface area contributed by atoms with Crippen LogP contribution in [-0.2, 0) is 4.79 Å². The molecule has 5 nitrogen and oxygen atoms in total. The van der Waals surface area contributed by atoms with Gasteiger partial charge in [-0.25, -0.2) is 0 Å². The van der Waals surface area contributed by atoms with Crippen molar-refractivity contribution in [1.82, 2.24) is 15.5 Å². The van der Waals surface area contributed by atoms with Crippen LogP contribution in [0.2, 0.25) is 0 Å². The summed E-state index contributed by atoms with van der Waals surface area (Å²) in [4.78, 5) is 17.4. The molecule has 0 radical (unpaired) electrons. The summed E-state index contributed by atoms with van der Waals surface area (Å²) in [7, 11) is 1.77. The van der Waals surface area contributed by atoms with E-state index in [1.165, 1.54) is 0 Å². The van der Waals surface area contributed by atoms with Crippen LogP contribution in [0.5, 0.6) is 0 Å². The topological polar surface area (TPSA) is 56.7 Å². The Hall–Kier alpha value is -1.35. The van der Waals surface area contributed by atoms with E-state index in [9.17, 15) is 4.79 Å². The number of nitrogens with zero attached hydrogens (tertiary/aromatic N) is 2. The van der Waals surface area contributed by atoms with Crippen LogP contribution in [0.4, 0.5) is 0 Å². The highest BCUT2D eigenvalue weighted by Gasteiger charge is 2.21. The van der Waals surface area contributed by atoms with Gasteiger partial charge in [0.2, 0.25) is 5.91 Å². The van der Waals surface area contributed by atoms with Crippen LogP contribution in [-0.4, -0.2) is 61.0 Å². The Morgan fingerprint density at radius 2 is 2.20 bits per heavy atom. The van der Waals surface area contributed by atoms with E-state index in [4.69, 9.17) is 6.42 Å². The van der Waals surface area contributed by atoms with Gasteiger partial charge in [-0.1, -0.05) is 5.92 Å². The summed E-state index contributed by atoms with van der Waals surface area (Å²) in [6, 6.07) is 0.384. The molecule has 1 rings (SSSR count). The fraction of sp³-hybridized carbons (Fsp3) is 0.714. The summed E-state index contributed by atoms with van der Waals surface area (Å²) in [5.41, 5.74) is 0. The minimum atomic E-state index is 0.163. The number of carbonyl (C=O) groups is 1. The van der Waals surface area contributed by atoms with Gasteiger partial charge in [-0.05, 0) is 12.8 Å². The van der Waals surface area contributed by atoms with Gasteiger partial charge in [-0.15, -0.1) is 18.2 Å². The maximum atomic E-state index is 11.3. The lowest BCUT2D eigenvalue weighted by molar-refractivity contribution is -0.129. The molecule has 6 heteroatoms. The Morgan fingerprint density at radius 3 is 2.75 bits per heavy atom. The van der Waals surface area contributed by atoms with Crippen molar-refractivity contribution in [3.05, 3.63) is 0 Å². The smallest absolute Gasteiger partial charge is 0.219 e. The standard InChI is InChI=1S/C14H24N4OS/c1-4-10-20-11-7-16-14(15-3)17-13-5-8-18(9-6-13)12(2)19/h1,13H,5-11H2,2-3H3,(H2,15,16,17). The van der Waals surface area contributed by atoms with Crippen LogP contribution in [0.1, 0.15) is 19.8 Å². The van der Waals surface area contributed by atoms with Crippen molar-refractivity contribution >= 4 is 23.6 Å². The predicted octanol–water partition coefficient (Wildman–Crippen LogP) is 0.529. The molecule has 1 heterocycles. The van der Waals surface area contributed by atoms with Crippen LogP contribution in [0.25, 0.3) is 0 Å². The highest BCUT2D eigenvalue weighted by molar-refractivity contribution is 7.99. The number of likely N-dealkylation sites (tertiary alicyclic amines) is 1. The lowest BCUT2D eigenvalue weighted by Gasteiger charge is -2.32. The summed E-state index contributed by atoms with van der Waals surface area (Å²) in [5.74, 6) is 5.31. The van der Waals surface area contributed by atoms with E-state index in [-0.39, 0.29) is 5.91 Å². The molecule has 0 aromatic heterocycles. The fourth-order valence-electron chi connectivity index (χ4n) is 2.10. The number of piperidine rings is 1. The first-order valence-electron chi connectivity index (χ1n) is 6.91. The second-order valence-electron chi connectivity index (χ2n) is 4.68. The van der Waals surface area contributed by atoms with Gasteiger partial charge in [0.1, 0.15) is 0 Å². The average molecular weight is 296 g/mol. The first-order valence-corrected chi connectivity index (χ1v) is 8.06. The molecule has 0 unspecified atom stereocenters. The molecule has 1 saturated heterocycles. The molecule has 0 saturated carbocycles. The Labute approximate surface area is 126 Å². The first kappa shape index (κ1) is 16.7. The molecule has 1 amide bonds. The predicted molar refractivity (Wildman–Crippen MR) is 85.9 cm³/mol. The molecule has 0 aliphatic carbocycles. The van der Waals surface area contributed by atoms with E-state index in [1.54, 1.807) is 25.7 Å². The van der Waals surface area contributed by atoms with E-state index in [1.807, 2.05) is 4.90 Å². The van der Waals surface area contributed by atoms with Gasteiger partial charge < -0.3 is 15.5 Å². The Bertz CT molecular complexity index is 370. The van der Waals surface area contributed by atoms with E-state index in [2.05, 4.69) is 21.5 Å². The maximum Gasteiger partial charge on any atom is 0.219 e. The van der Waals surface area contributed by atoms with Gasteiger partial charge in [0.15, 0.2) is 5.96 Å². The molecular weight excluding hydrogens is 272 g/mol. The second-order valence-corrected chi connectivity index (χ2v) is 5.79. The number of rotatable bonds is 5. The van der Waals surface area contributed by atoms with Crippen LogP contribution >= 0.6 is 11.8 Å². The van der Waals surface area contributed by atoms with Crippen molar-refractivity contribution in [3.63, 3.8) is 0 Å². The summed E-state index contributed by atoms with van der Waals surface area (Å²) in [6.45, 7) is 4.12. The van der Waals surface area contributed by atoms with Crippen molar-refractivity contribution in [2.24, 2.45) is 4.99 Å². The number of aliphatic imine (C=N–C) groups is 1. The maximum absolute atomic E-state index is 11.3. The van der Waals surface area contributed by atoms with Crippen molar-refractivity contribution < 1.29 is 4.79 Å². The highest BCUT2D eigenvalue weighted by atomic mass is 32.2. The molecule has 2 N–H and O–H groups in total. The minimum Gasteiger partial charge on any atom is -0.356 e. The molecule has 0 bridgehead atoms. The quantitative estimate of drug-likeness (QED) is 0.336. The van der Waals surface area contributed by atoms with E-state index in [0.29, 0.717) is 6.04 Å². The van der Waals surface area contributed by atoms with Crippen molar-refractivity contribution in [1.29, 1.82) is 0 Å². The molecule has 1 aliphatic rings. The summed E-state index contributed by atoms with van der Waals surface area (Å²) < 4.78 is 0. The molecule has 0 atom stereocenters. The molecule has 0 aromatic rings. The molecule has 1 aliphatic heterocycles. The fourth-order valence-corrected chi connectivity index (χ4v) is 2.61. The SMILES string of the molecule is C#CCSCCNC(=NC)NC1CCN(C(C)=O)CC1. The van der Waals surface area contributed by atoms with E-state index >= 15 is 0 Å². The van der Waals surface area contributed by atoms with E-state index in [0.717, 1.165) is 49.9 Å². The summed E-state index contributed by atoms with van der Waals surface area (Å²) >= 11 is 1.73. The average Bonchev–Trinajstić information content (AvgIpc) is 2.46. The third kappa shape index (κ3) is 6.20. The Kier molecular flexibility index (Phi) is 7.97. The summed E-state index contributed by atoms with van der Waals surface area (Å²) in [6.07, 6.45) is 7.13. The molecular formula is C14H24N4OS. The van der Waals surface area contributed by atoms with Gasteiger partial charge in [0.05, 0.1) is 5.75 Å². The van der Waals surface area contributed by atoms with Crippen LogP contribution in [0.3, 0.4) is 0 Å². The van der Waals surface area contributed by atoms with Crippen LogP contribution < -0.4 is 10.6 Å². The number of hydrogen-bond donors (Lipinski definition) is 2. The lowest BCUT2D eigenvalue weighted by atomic mass is 10.1. The van der Waals surface area contributed by atoms with E-state index < -0.39 is 0 Å². The zero-order chi connectivity index (χ0) is 14.8. The second kappa shape index (κ2) is 9.54. The van der Waals surface area contributed by atoms with Crippen molar-refractivity contribution in [3.8, 4) is 12.3 Å². The minimum absolute atomic E-state index is 0.163. The van der Waals surface area contributed by atoms with Gasteiger partial charge in [0, 0.05) is 45.4 Å². The zero-order valence-electron chi connectivity index (χ0n) is 12.3. The number of hydrogen-bond acceptors (Lipinski definition) is 3. The van der Waals surface area contributed by atoms with Crippen molar-refractivity contribution in [2.45, 2.75) is 25.8 Å². The lowest BCUT2D eigenvalue weighted by Crippen LogP contribution is -2.49. The van der Waals surface area contributed by atoms with Gasteiger partial charge in [0.25, 0.3) is 0 Å². The van der Waals surface area contributed by atoms with Gasteiger partial charge in [-0.3, -0.25) is 9.79 Å². The number of carbonyl (C=O) groups excluding carboxylic acids is 1. The number of thioether (sulfide) groups is 1. The first-order chi connectivity index (χ1) is 9.67. The molecule has 0 spiro atoms. The number of amides is 1. The number of guanidine groups is 1. The number of nitrogens with one attached hydrogen (secondary N) is 2. The van der Waals surface area contributed by atoms with Gasteiger partial charge >= 0.3 is 0 Å². The highest BCUT2D eigenvalue weighted by Crippen LogP contribution is 2.10. The van der Waals surface area contributed by atoms with Gasteiger partial charge in [-0.2, -0.15) is 0 Å². The molecule has 0 aromatic carbocycles. The van der Waals surface area contributed by atoms with Crippen LogP contribution in [0, 0.1) is 12.3 Å².